The van der Waals surface area contributed by atoms with Crippen LogP contribution >= 0.6 is 17.5 Å². The first-order valence-corrected chi connectivity index (χ1v) is 18.0. The summed E-state index contributed by atoms with van der Waals surface area (Å²) in [6, 6.07) is 0.378. The Kier molecular flexibility index (Phi) is 23.9. The average molecular weight is 676 g/mol. The normalized spacial score (nSPS) is 24.1. The van der Waals surface area contributed by atoms with E-state index in [-0.39, 0.29) is 17.1 Å². The minimum atomic E-state index is 0. The van der Waals surface area contributed by atoms with Gasteiger partial charge in [0.15, 0.2) is 0 Å². The van der Waals surface area contributed by atoms with Gasteiger partial charge in [0.05, 0.1) is 0 Å². The van der Waals surface area contributed by atoms with Gasteiger partial charge in [0.2, 0.25) is 0 Å². The molecule has 5 rings (SSSR count). The number of aliphatic imine (C=N–C) groups is 1. The molecule has 5 fully saturated rings. The largest absolute Gasteiger partial charge is 2.00 e. The summed E-state index contributed by atoms with van der Waals surface area (Å²) < 4.78 is 0. The minimum Gasteiger partial charge on any atom is 2.00 e. The van der Waals surface area contributed by atoms with Gasteiger partial charge in [-0.1, -0.05) is 78.6 Å². The smallest absolute Gasteiger partial charge is 2.00 e. The summed E-state index contributed by atoms with van der Waals surface area (Å²) in [6.45, 7) is 4.11. The molecule has 0 heterocycles. The van der Waals surface area contributed by atoms with E-state index in [9.17, 15) is 0 Å². The average Bonchev–Trinajstić information content (AvgIpc) is 3.69. The molecule has 0 bridgehead atoms. The molecule has 0 aliphatic heterocycles. The van der Waals surface area contributed by atoms with Crippen molar-refractivity contribution in [3.63, 3.8) is 0 Å². The van der Waals surface area contributed by atoms with Crippen LogP contribution in [0.25, 0.3) is 0 Å². The monoisotopic (exact) mass is 675 g/mol. The third kappa shape index (κ3) is 16.0. The molecule has 5 aliphatic carbocycles. The molecule has 10 radical (unpaired) electrons. The first-order chi connectivity index (χ1) is 17.7. The van der Waals surface area contributed by atoms with Crippen LogP contribution in [0.3, 0.4) is 0 Å². The van der Waals surface area contributed by atoms with Crippen molar-refractivity contribution in [2.24, 2.45) is 4.99 Å². The molecule has 0 spiro atoms. The van der Waals surface area contributed by atoms with Gasteiger partial charge in [-0.2, -0.15) is 5.92 Å². The van der Waals surface area contributed by atoms with Crippen molar-refractivity contribution in [2.45, 2.75) is 133 Å². The molecule has 5 aliphatic rings. The van der Waals surface area contributed by atoms with E-state index in [1.807, 2.05) is 57.6 Å². The fourth-order valence-corrected chi connectivity index (χ4v) is 10.7. The van der Waals surface area contributed by atoms with Crippen LogP contribution in [0.15, 0.2) is 4.99 Å². The fraction of sp³-hybridized carbons (Fsp3) is 0.656. The number of halogens is 1. The van der Waals surface area contributed by atoms with E-state index in [4.69, 9.17) is 0 Å². The van der Waals surface area contributed by atoms with Gasteiger partial charge >= 0.3 is 44.8 Å². The quantitative estimate of drug-likeness (QED) is 0.119. The van der Waals surface area contributed by atoms with Gasteiger partial charge < -0.3 is 6.42 Å². The molecule has 5 saturated carbocycles. The van der Waals surface area contributed by atoms with Crippen molar-refractivity contribution < 1.29 is 35.2 Å². The van der Waals surface area contributed by atoms with Crippen molar-refractivity contribution in [3.05, 3.63) is 63.7 Å². The Morgan fingerprint density at radius 3 is 1.41 bits per heavy atom. The molecule has 5 heteroatoms. The molecule has 0 aromatic rings. The van der Waals surface area contributed by atoms with E-state index in [2.05, 4.69) is 53.0 Å². The molecule has 0 aromatic heterocycles. The summed E-state index contributed by atoms with van der Waals surface area (Å²) in [5.41, 5.74) is 3.57. The Balaban J connectivity index is 0.000000319. The minimum absolute atomic E-state index is 0. The molecule has 0 atom stereocenters. The Morgan fingerprint density at radius 2 is 1.11 bits per heavy atom. The maximum atomic E-state index is 4.49. The molecule has 0 unspecified atom stereocenters. The zero-order chi connectivity index (χ0) is 25.8. The molecular weight excluding hydrogens is 627 g/mol. The van der Waals surface area contributed by atoms with Gasteiger partial charge in [-0.05, 0) is 108 Å². The molecular formula is C32H49ClFeNPPd+2. The molecule has 37 heavy (non-hydrogen) atoms. The molecule has 0 N–H and O–H groups in total. The summed E-state index contributed by atoms with van der Waals surface area (Å²) in [7, 11) is 4.87. The van der Waals surface area contributed by atoms with Crippen LogP contribution in [0.4, 0.5) is 0 Å². The van der Waals surface area contributed by atoms with Crippen LogP contribution < -0.4 is 0 Å². The second-order valence-corrected chi connectivity index (χ2v) is 13.9. The van der Waals surface area contributed by atoms with Crippen molar-refractivity contribution >= 4 is 23.7 Å². The van der Waals surface area contributed by atoms with Crippen molar-refractivity contribution in [1.29, 1.82) is 0 Å². The Bertz CT molecular complexity index is 470. The third-order valence-electron chi connectivity index (χ3n) is 7.68. The first-order valence-electron chi connectivity index (χ1n) is 14.5. The second kappa shape index (κ2) is 24.2. The van der Waals surface area contributed by atoms with E-state index < -0.39 is 0 Å². The third-order valence-corrected chi connectivity index (χ3v) is 11.8. The fourth-order valence-electron chi connectivity index (χ4n) is 6.01. The van der Waals surface area contributed by atoms with E-state index >= 15 is 0 Å². The van der Waals surface area contributed by atoms with Crippen LogP contribution in [-0.4, -0.2) is 29.2 Å². The van der Waals surface area contributed by atoms with Crippen LogP contribution in [0, 0.1) is 63.7 Å². The second-order valence-electron chi connectivity index (χ2n) is 10.8. The number of nitrogens with zero attached hydrogens (tertiary/aromatic N) is 1. The van der Waals surface area contributed by atoms with Gasteiger partial charge in [0.1, 0.15) is 0 Å². The van der Waals surface area contributed by atoms with Crippen LogP contribution in [0.5, 0.6) is 0 Å². The van der Waals surface area contributed by atoms with Crippen molar-refractivity contribution in [1.82, 2.24) is 0 Å². The predicted molar refractivity (Wildman–Crippen MR) is 158 cm³/mol. The molecule has 210 valence electrons. The molecule has 0 aromatic carbocycles. The summed E-state index contributed by atoms with van der Waals surface area (Å²) in [4.78, 5) is 4.21. The summed E-state index contributed by atoms with van der Waals surface area (Å²) in [5, 5.41) is 0. The zero-order valence-corrected chi connectivity index (χ0v) is 27.4. The maximum absolute atomic E-state index is 4.49. The zero-order valence-electron chi connectivity index (χ0n) is 23.1. The van der Waals surface area contributed by atoms with Crippen LogP contribution in [-0.2, 0) is 35.2 Å². The van der Waals surface area contributed by atoms with Gasteiger partial charge in [-0.3, -0.25) is 4.99 Å². The van der Waals surface area contributed by atoms with Crippen molar-refractivity contribution in [3.8, 4) is 0 Å². The van der Waals surface area contributed by atoms with Crippen molar-refractivity contribution in [2.75, 3.05) is 0 Å². The van der Waals surface area contributed by atoms with E-state index in [0.29, 0.717) is 14.0 Å². The summed E-state index contributed by atoms with van der Waals surface area (Å²) >= 11 is 2.22. The molecule has 0 amide bonds. The predicted octanol–water partition coefficient (Wildman–Crippen LogP) is 9.92. The summed E-state index contributed by atoms with van der Waals surface area (Å²) in [5.74, 6) is 1.06. The Hall–Kier alpha value is 1.57. The van der Waals surface area contributed by atoms with E-state index in [0.717, 1.165) is 5.92 Å². The first kappa shape index (κ1) is 36.6. The van der Waals surface area contributed by atoms with Crippen LogP contribution in [0.1, 0.15) is 110 Å². The van der Waals surface area contributed by atoms with Crippen LogP contribution in [0.2, 0.25) is 0 Å². The maximum Gasteiger partial charge on any atom is 2.00 e. The van der Waals surface area contributed by atoms with Gasteiger partial charge in [-0.15, -0.1) is 0 Å². The standard InChI is InChI=1S/C18H33P.C9H11N.C5H5.ClH.Fe.Pd/c1-4-10-16(11-5-1)19(17-12-6-2-7-13-17)18-14-8-3-9-15-18;1-8(2)10-7-9-5-3-4-6-9;1-2-4-5-3-1;;;/h16-18H,1-15H2;3-5,7-8H,1-2H3;1-5H;1H;;/q;-1;;;2*+2/p-1. The Morgan fingerprint density at radius 1 is 0.730 bits per heavy atom. The molecule has 0 saturated heterocycles. The Labute approximate surface area is 259 Å². The van der Waals surface area contributed by atoms with Gasteiger partial charge in [0, 0.05) is 6.04 Å². The van der Waals surface area contributed by atoms with Gasteiger partial charge in [0.25, 0.3) is 0 Å². The molecule has 1 nitrogen and oxygen atoms in total. The topological polar surface area (TPSA) is 12.4 Å². The number of hydrogen-bond acceptors (Lipinski definition) is 1. The van der Waals surface area contributed by atoms with E-state index in [1.54, 1.807) is 77.0 Å². The number of rotatable bonds is 5. The van der Waals surface area contributed by atoms with Gasteiger partial charge in [-0.25, -0.2) is 6.42 Å². The SMILES string of the molecule is C1CCC(P(C2CCCCC2)C2CCCCC2)CC1.CC(C)N=C[C]1[C-][CH][CH][CH]1.[CH]1[CH][CH][CH][CH]1.[Cl][Pd+].[Fe+2]. The van der Waals surface area contributed by atoms with E-state index in [1.165, 1.54) is 36.2 Å². The summed E-state index contributed by atoms with van der Waals surface area (Å²) in [6.07, 6.45) is 44.4. The number of hydrogen-bond donors (Lipinski definition) is 0.